The van der Waals surface area contributed by atoms with E-state index >= 15 is 0 Å². The molecule has 0 fully saturated rings. The van der Waals surface area contributed by atoms with Crippen molar-refractivity contribution in [3.63, 3.8) is 0 Å². The van der Waals surface area contributed by atoms with Crippen LogP contribution in [-0.2, 0) is 19.3 Å². The van der Waals surface area contributed by atoms with Gasteiger partial charge in [0, 0.05) is 35.4 Å². The van der Waals surface area contributed by atoms with Crippen LogP contribution in [0.4, 0.5) is 0 Å². The van der Waals surface area contributed by atoms with Crippen molar-refractivity contribution in [1.29, 1.82) is 0 Å². The Bertz CT molecular complexity index is 2530. The molecule has 254 valence electrons. The Labute approximate surface area is 307 Å². The number of aromatic nitrogens is 2. The smallest absolute Gasteiger partial charge is 0.0461 e. The van der Waals surface area contributed by atoms with Gasteiger partial charge in [-0.15, -0.1) is 0 Å². The highest BCUT2D eigenvalue weighted by Crippen LogP contribution is 2.51. The molecule has 10 rings (SSSR count). The van der Waals surface area contributed by atoms with Gasteiger partial charge in [0.15, 0.2) is 0 Å². The van der Waals surface area contributed by atoms with Gasteiger partial charge in [0.1, 0.15) is 0 Å². The fourth-order valence-corrected chi connectivity index (χ4v) is 9.39. The molecular formula is C50H44N2. The standard InChI is InChI=1S/C50H44N2/c1-50(2,3)38-27-35-22-24-42-44(33-20-18-32(19-21-33)37-12-10-26-51-31-37)30-45(43-25-23-36(28-38)48(35)49(42)43)34-11-9-13-39(29-34)52-46-16-6-4-5-14-40(46)41-15-7-8-17-47(41)52/h4-5,7,9-13,15,18-26,28-31,35H,6,8,14,16-17,27H2,1-3H3. The summed E-state index contributed by atoms with van der Waals surface area (Å²) < 4.78 is 2.63. The number of rotatable bonds is 4. The Morgan fingerprint density at radius 2 is 1.54 bits per heavy atom. The lowest BCUT2D eigenvalue weighted by molar-refractivity contribution is 0.477. The van der Waals surface area contributed by atoms with Crippen LogP contribution >= 0.6 is 0 Å². The first-order chi connectivity index (χ1) is 25.4. The van der Waals surface area contributed by atoms with Crippen molar-refractivity contribution in [1.82, 2.24) is 9.55 Å². The quantitative estimate of drug-likeness (QED) is 0.170. The Kier molecular flexibility index (Phi) is 7.25. The maximum Gasteiger partial charge on any atom is 0.0461 e. The SMILES string of the molecule is CC(C)(C)C1=Cc2ccc3c(-c4cccc(-n5c6c(c7c5CCC=CC7)C=CCC6)c4)cc(-c4ccc(-c5cccnc5)cc4)c4c3c2C(C=C4)C1. The summed E-state index contributed by atoms with van der Waals surface area (Å²) in [5.41, 5.74) is 20.6. The molecule has 1 unspecified atom stereocenters. The molecule has 1 atom stereocenters. The van der Waals surface area contributed by atoms with E-state index in [1.807, 2.05) is 18.5 Å². The van der Waals surface area contributed by atoms with E-state index in [9.17, 15) is 0 Å². The van der Waals surface area contributed by atoms with Gasteiger partial charge in [0.2, 0.25) is 0 Å². The van der Waals surface area contributed by atoms with Gasteiger partial charge in [-0.1, -0.05) is 123 Å². The van der Waals surface area contributed by atoms with E-state index in [1.165, 1.54) is 89.1 Å². The number of allylic oxidation sites excluding steroid dienone is 5. The van der Waals surface area contributed by atoms with Crippen molar-refractivity contribution in [3.8, 4) is 39.1 Å². The van der Waals surface area contributed by atoms with Crippen LogP contribution < -0.4 is 0 Å². The molecule has 2 heterocycles. The zero-order valence-electron chi connectivity index (χ0n) is 30.4. The molecule has 6 aromatic rings. The number of fused-ring (bicyclic) bond motifs is 3. The molecule has 0 aliphatic heterocycles. The van der Waals surface area contributed by atoms with E-state index in [4.69, 9.17) is 0 Å². The molecule has 4 aromatic carbocycles. The molecule has 4 aliphatic rings. The van der Waals surface area contributed by atoms with Crippen LogP contribution in [0.2, 0.25) is 0 Å². The zero-order chi connectivity index (χ0) is 35.0. The molecule has 0 saturated carbocycles. The summed E-state index contributed by atoms with van der Waals surface area (Å²) in [4.78, 5) is 4.37. The van der Waals surface area contributed by atoms with Crippen molar-refractivity contribution in [2.45, 2.75) is 65.2 Å². The molecule has 2 nitrogen and oxygen atoms in total. The predicted molar refractivity (Wildman–Crippen MR) is 220 cm³/mol. The summed E-state index contributed by atoms with van der Waals surface area (Å²) in [5, 5.41) is 2.77. The summed E-state index contributed by atoms with van der Waals surface area (Å²) in [6.07, 6.45) is 27.2. The lowest BCUT2D eigenvalue weighted by Crippen LogP contribution is -2.17. The average Bonchev–Trinajstić information content (AvgIpc) is 3.29. The highest BCUT2D eigenvalue weighted by Gasteiger charge is 2.31. The van der Waals surface area contributed by atoms with Gasteiger partial charge in [-0.2, -0.15) is 0 Å². The number of pyridine rings is 1. The highest BCUT2D eigenvalue weighted by atomic mass is 15.0. The summed E-state index contributed by atoms with van der Waals surface area (Å²) in [6, 6.07) is 30.0. The van der Waals surface area contributed by atoms with Gasteiger partial charge in [-0.25, -0.2) is 0 Å². The van der Waals surface area contributed by atoms with Gasteiger partial charge in [0.25, 0.3) is 0 Å². The molecule has 0 radical (unpaired) electrons. The van der Waals surface area contributed by atoms with Gasteiger partial charge >= 0.3 is 0 Å². The summed E-state index contributed by atoms with van der Waals surface area (Å²) >= 11 is 0. The predicted octanol–water partition coefficient (Wildman–Crippen LogP) is 13.0. The molecule has 0 amide bonds. The molecule has 0 saturated heterocycles. The number of benzene rings is 4. The Hall–Kier alpha value is -5.47. The zero-order valence-corrected chi connectivity index (χ0v) is 30.4. The third kappa shape index (κ3) is 5.03. The van der Waals surface area contributed by atoms with E-state index in [0.717, 1.165) is 44.1 Å². The second kappa shape index (κ2) is 12.1. The van der Waals surface area contributed by atoms with Crippen LogP contribution in [0.1, 0.15) is 85.2 Å². The third-order valence-corrected chi connectivity index (χ3v) is 12.0. The van der Waals surface area contributed by atoms with E-state index in [1.54, 1.807) is 0 Å². The van der Waals surface area contributed by atoms with Crippen LogP contribution in [0.25, 0.3) is 68.1 Å². The number of hydrogen-bond acceptors (Lipinski definition) is 1. The van der Waals surface area contributed by atoms with Gasteiger partial charge < -0.3 is 4.57 Å². The lowest BCUT2D eigenvalue weighted by Gasteiger charge is -2.34. The fourth-order valence-electron chi connectivity index (χ4n) is 9.39. The van der Waals surface area contributed by atoms with Crippen LogP contribution in [0.3, 0.4) is 0 Å². The Morgan fingerprint density at radius 3 is 2.38 bits per heavy atom. The molecule has 2 aromatic heterocycles. The second-order valence-corrected chi connectivity index (χ2v) is 16.1. The first-order valence-electron chi connectivity index (χ1n) is 19.1. The first-order valence-corrected chi connectivity index (χ1v) is 19.1. The fraction of sp³-hybridized carbons (Fsp3) is 0.220. The molecular weight excluding hydrogens is 629 g/mol. The first kappa shape index (κ1) is 31.3. The van der Waals surface area contributed by atoms with Crippen LogP contribution in [0.15, 0.2) is 121 Å². The molecule has 0 N–H and O–H groups in total. The monoisotopic (exact) mass is 672 g/mol. The van der Waals surface area contributed by atoms with E-state index in [0.29, 0.717) is 5.92 Å². The molecule has 0 spiro atoms. The molecule has 4 aliphatic carbocycles. The summed E-state index contributed by atoms with van der Waals surface area (Å²) in [7, 11) is 0. The van der Waals surface area contributed by atoms with Crippen LogP contribution in [0.5, 0.6) is 0 Å². The second-order valence-electron chi connectivity index (χ2n) is 16.1. The molecule has 0 bridgehead atoms. The van der Waals surface area contributed by atoms with Crippen molar-refractivity contribution >= 4 is 29.0 Å². The van der Waals surface area contributed by atoms with Crippen molar-refractivity contribution in [3.05, 3.63) is 160 Å². The van der Waals surface area contributed by atoms with E-state index in [-0.39, 0.29) is 5.41 Å². The summed E-state index contributed by atoms with van der Waals surface area (Å²) in [5.74, 6) is 0.385. The van der Waals surface area contributed by atoms with Crippen LogP contribution in [0, 0.1) is 5.41 Å². The number of nitrogens with zero attached hydrogens (tertiary/aromatic N) is 2. The van der Waals surface area contributed by atoms with Crippen molar-refractivity contribution < 1.29 is 0 Å². The highest BCUT2D eigenvalue weighted by molar-refractivity contribution is 6.10. The summed E-state index contributed by atoms with van der Waals surface area (Å²) in [6.45, 7) is 7.07. The maximum atomic E-state index is 4.37. The van der Waals surface area contributed by atoms with Crippen molar-refractivity contribution in [2.75, 3.05) is 0 Å². The van der Waals surface area contributed by atoms with Crippen molar-refractivity contribution in [2.24, 2.45) is 5.41 Å². The minimum Gasteiger partial charge on any atom is -0.317 e. The molecule has 52 heavy (non-hydrogen) atoms. The molecule has 2 heteroatoms. The lowest BCUT2D eigenvalue weighted by atomic mass is 9.70. The largest absolute Gasteiger partial charge is 0.317 e. The normalized spacial score (nSPS) is 17.1. The number of hydrogen-bond donors (Lipinski definition) is 0. The Morgan fingerprint density at radius 1 is 0.712 bits per heavy atom. The maximum absolute atomic E-state index is 4.37. The minimum absolute atomic E-state index is 0.145. The van der Waals surface area contributed by atoms with E-state index < -0.39 is 0 Å². The van der Waals surface area contributed by atoms with Gasteiger partial charge in [-0.3, -0.25) is 4.98 Å². The van der Waals surface area contributed by atoms with Gasteiger partial charge in [0.05, 0.1) is 0 Å². The Balaban J connectivity index is 1.20. The van der Waals surface area contributed by atoms with Gasteiger partial charge in [-0.05, 0) is 140 Å². The third-order valence-electron chi connectivity index (χ3n) is 12.0. The minimum atomic E-state index is 0.145. The topological polar surface area (TPSA) is 17.8 Å². The average molecular weight is 673 g/mol. The van der Waals surface area contributed by atoms with E-state index in [2.05, 4.69) is 146 Å². The van der Waals surface area contributed by atoms with Crippen LogP contribution in [-0.4, -0.2) is 9.55 Å².